The first kappa shape index (κ1) is 23.5. The molecule has 0 radical (unpaired) electrons. The van der Waals surface area contributed by atoms with Crippen molar-refractivity contribution in [3.8, 4) is 23.1 Å². The van der Waals surface area contributed by atoms with Gasteiger partial charge in [0, 0.05) is 17.7 Å². The molecule has 0 atom stereocenters. The molecular weight excluding hydrogens is 454 g/mol. The van der Waals surface area contributed by atoms with Gasteiger partial charge in [0.2, 0.25) is 11.8 Å². The summed E-state index contributed by atoms with van der Waals surface area (Å²) < 4.78 is 15.0. The van der Waals surface area contributed by atoms with Crippen LogP contribution in [0.3, 0.4) is 0 Å². The standard InChI is InChI=1S/C29H29N3O4/c1-5-20-8-6-10-22(15-20)30-26(33)17-31-29-23(16-21-9-7-11-25(35-4)27(21)36-29)28(34)32(31)24-13-12-18(2)14-19(24)3/h6-15H,5,16-17H2,1-4H3,(H,30,33). The second kappa shape index (κ2) is 9.41. The van der Waals surface area contributed by atoms with Crippen molar-refractivity contribution < 1.29 is 14.3 Å². The summed E-state index contributed by atoms with van der Waals surface area (Å²) in [4.78, 5) is 27.0. The lowest BCUT2D eigenvalue weighted by Gasteiger charge is -2.21. The van der Waals surface area contributed by atoms with E-state index in [0.29, 0.717) is 40.7 Å². The van der Waals surface area contributed by atoms with Crippen LogP contribution in [-0.4, -0.2) is 22.4 Å². The van der Waals surface area contributed by atoms with Gasteiger partial charge in [-0.3, -0.25) is 9.59 Å². The summed E-state index contributed by atoms with van der Waals surface area (Å²) in [6.07, 6.45) is 1.26. The third-order valence-corrected chi connectivity index (χ3v) is 6.52. The van der Waals surface area contributed by atoms with E-state index in [-0.39, 0.29) is 18.0 Å². The number of nitrogens with one attached hydrogen (secondary N) is 1. The van der Waals surface area contributed by atoms with Crippen LogP contribution in [0, 0.1) is 13.8 Å². The number of amides is 1. The molecule has 2 heterocycles. The molecule has 7 heteroatoms. The van der Waals surface area contributed by atoms with Gasteiger partial charge in [0.15, 0.2) is 11.5 Å². The lowest BCUT2D eigenvalue weighted by atomic mass is 10.0. The minimum absolute atomic E-state index is 0.0985. The van der Waals surface area contributed by atoms with Gasteiger partial charge in [-0.15, -0.1) is 0 Å². The van der Waals surface area contributed by atoms with Gasteiger partial charge in [0.1, 0.15) is 6.54 Å². The molecule has 1 amide bonds. The molecule has 0 aliphatic carbocycles. The third-order valence-electron chi connectivity index (χ3n) is 6.52. The van der Waals surface area contributed by atoms with E-state index in [0.717, 1.165) is 28.7 Å². The van der Waals surface area contributed by atoms with Crippen LogP contribution in [0.15, 0.2) is 65.5 Å². The molecule has 1 aromatic heterocycles. The average molecular weight is 484 g/mol. The van der Waals surface area contributed by atoms with Crippen molar-refractivity contribution in [1.29, 1.82) is 0 Å². The Labute approximate surface area is 209 Å². The van der Waals surface area contributed by atoms with Gasteiger partial charge in [0.05, 0.1) is 18.4 Å². The summed E-state index contributed by atoms with van der Waals surface area (Å²) in [6, 6.07) is 19.3. The molecule has 3 aromatic carbocycles. The summed E-state index contributed by atoms with van der Waals surface area (Å²) in [6.45, 7) is 5.94. The summed E-state index contributed by atoms with van der Waals surface area (Å²) in [5.41, 5.74) is 5.75. The Morgan fingerprint density at radius 1 is 1.08 bits per heavy atom. The van der Waals surface area contributed by atoms with Gasteiger partial charge in [-0.05, 0) is 55.7 Å². The Morgan fingerprint density at radius 2 is 1.89 bits per heavy atom. The largest absolute Gasteiger partial charge is 0.493 e. The van der Waals surface area contributed by atoms with Gasteiger partial charge < -0.3 is 14.8 Å². The van der Waals surface area contributed by atoms with E-state index in [4.69, 9.17) is 9.47 Å². The Kier molecular flexibility index (Phi) is 6.14. The first-order valence-corrected chi connectivity index (χ1v) is 12.0. The second-order valence-electron chi connectivity index (χ2n) is 9.08. The van der Waals surface area contributed by atoms with Crippen LogP contribution in [0.4, 0.5) is 5.69 Å². The topological polar surface area (TPSA) is 74.5 Å². The monoisotopic (exact) mass is 483 g/mol. The SMILES string of the molecule is CCc1cccc(NC(=O)Cn2c3c(c(=O)n2-c2ccc(C)cc2C)Cc2cccc(OC)c2O3)c1. The summed E-state index contributed by atoms with van der Waals surface area (Å²) >= 11 is 0. The number of aryl methyl sites for hydroxylation is 3. The number of aromatic nitrogens is 2. The summed E-state index contributed by atoms with van der Waals surface area (Å²) in [5.74, 6) is 1.25. The van der Waals surface area contributed by atoms with E-state index in [1.54, 1.807) is 16.5 Å². The minimum Gasteiger partial charge on any atom is -0.493 e. The molecule has 0 spiro atoms. The molecule has 4 aromatic rings. The van der Waals surface area contributed by atoms with Crippen molar-refractivity contribution >= 4 is 11.6 Å². The van der Waals surface area contributed by atoms with Crippen LogP contribution in [0.5, 0.6) is 17.4 Å². The zero-order chi connectivity index (χ0) is 25.4. The predicted molar refractivity (Wildman–Crippen MR) is 140 cm³/mol. The normalized spacial score (nSPS) is 11.9. The van der Waals surface area contributed by atoms with E-state index in [1.807, 2.05) is 74.5 Å². The first-order chi connectivity index (χ1) is 17.4. The molecule has 184 valence electrons. The van der Waals surface area contributed by atoms with Gasteiger partial charge in [-0.25, -0.2) is 9.36 Å². The molecule has 1 aliphatic heterocycles. The minimum atomic E-state index is -0.256. The second-order valence-corrected chi connectivity index (χ2v) is 9.08. The van der Waals surface area contributed by atoms with Gasteiger partial charge in [-0.2, -0.15) is 0 Å². The quantitative estimate of drug-likeness (QED) is 0.362. The summed E-state index contributed by atoms with van der Waals surface area (Å²) in [5, 5.41) is 2.97. The number of hydrogen-bond donors (Lipinski definition) is 1. The molecule has 0 bridgehead atoms. The maximum atomic E-state index is 13.8. The number of ether oxygens (including phenoxy) is 2. The molecule has 7 nitrogen and oxygen atoms in total. The number of carbonyl (C=O) groups is 1. The fourth-order valence-electron chi connectivity index (χ4n) is 4.74. The fourth-order valence-corrected chi connectivity index (χ4v) is 4.74. The van der Waals surface area contributed by atoms with Crippen molar-refractivity contribution in [2.45, 2.75) is 40.2 Å². The number of para-hydroxylation sites is 1. The molecule has 5 rings (SSSR count). The van der Waals surface area contributed by atoms with Crippen LogP contribution >= 0.6 is 0 Å². The number of fused-ring (bicyclic) bond motifs is 2. The van der Waals surface area contributed by atoms with Crippen LogP contribution in [0.2, 0.25) is 0 Å². The number of anilines is 1. The zero-order valence-corrected chi connectivity index (χ0v) is 20.9. The van der Waals surface area contributed by atoms with E-state index < -0.39 is 0 Å². The van der Waals surface area contributed by atoms with E-state index >= 15 is 0 Å². The molecule has 1 N–H and O–H groups in total. The Hall–Kier alpha value is -4.26. The highest BCUT2D eigenvalue weighted by Gasteiger charge is 2.31. The van der Waals surface area contributed by atoms with Crippen molar-refractivity contribution in [1.82, 2.24) is 9.36 Å². The molecule has 0 saturated carbocycles. The molecule has 36 heavy (non-hydrogen) atoms. The Bertz CT molecular complexity index is 1530. The first-order valence-electron chi connectivity index (χ1n) is 12.0. The number of nitrogens with zero attached hydrogens (tertiary/aromatic N) is 2. The highest BCUT2D eigenvalue weighted by Crippen LogP contribution is 2.42. The fraction of sp³-hybridized carbons (Fsp3) is 0.241. The van der Waals surface area contributed by atoms with E-state index in [1.165, 1.54) is 0 Å². The predicted octanol–water partition coefficient (Wildman–Crippen LogP) is 5.16. The molecule has 1 aliphatic rings. The maximum absolute atomic E-state index is 13.8. The highest BCUT2D eigenvalue weighted by molar-refractivity contribution is 5.90. The number of benzene rings is 3. The van der Waals surface area contributed by atoms with Gasteiger partial charge in [0.25, 0.3) is 5.56 Å². The maximum Gasteiger partial charge on any atom is 0.278 e. The Balaban J connectivity index is 1.61. The number of rotatable bonds is 6. The van der Waals surface area contributed by atoms with Crippen LogP contribution < -0.4 is 20.3 Å². The number of hydrogen-bond acceptors (Lipinski definition) is 4. The molecular formula is C29H29N3O4. The van der Waals surface area contributed by atoms with E-state index in [9.17, 15) is 9.59 Å². The number of carbonyl (C=O) groups excluding carboxylic acids is 1. The van der Waals surface area contributed by atoms with Crippen LogP contribution in [-0.2, 0) is 24.2 Å². The van der Waals surface area contributed by atoms with E-state index in [2.05, 4.69) is 12.2 Å². The smallest absolute Gasteiger partial charge is 0.278 e. The average Bonchev–Trinajstić information content (AvgIpc) is 3.12. The lowest BCUT2D eigenvalue weighted by Crippen LogP contribution is -2.28. The lowest BCUT2D eigenvalue weighted by molar-refractivity contribution is -0.117. The van der Waals surface area contributed by atoms with Crippen molar-refractivity contribution in [3.05, 3.63) is 98.8 Å². The molecule has 0 unspecified atom stereocenters. The van der Waals surface area contributed by atoms with Gasteiger partial charge >= 0.3 is 0 Å². The van der Waals surface area contributed by atoms with Crippen molar-refractivity contribution in [2.75, 3.05) is 12.4 Å². The van der Waals surface area contributed by atoms with Gasteiger partial charge in [-0.1, -0.05) is 48.9 Å². The van der Waals surface area contributed by atoms with Crippen LogP contribution in [0.1, 0.15) is 34.7 Å². The third kappa shape index (κ3) is 4.17. The molecule has 0 saturated heterocycles. The zero-order valence-electron chi connectivity index (χ0n) is 20.9. The van der Waals surface area contributed by atoms with Crippen molar-refractivity contribution in [2.24, 2.45) is 0 Å². The molecule has 0 fully saturated rings. The highest BCUT2D eigenvalue weighted by atomic mass is 16.5. The van der Waals surface area contributed by atoms with Crippen molar-refractivity contribution in [3.63, 3.8) is 0 Å². The summed E-state index contributed by atoms with van der Waals surface area (Å²) in [7, 11) is 1.58. The Morgan fingerprint density at radius 3 is 2.64 bits per heavy atom. The number of methoxy groups -OCH3 is 1. The van der Waals surface area contributed by atoms with Crippen LogP contribution in [0.25, 0.3) is 5.69 Å².